The standard InChI is InChI=1S/C16H32O10/c1-5-8-10-24-13(19)15(21,26-9-6-2)16(22,25-7-3)14(20,23-4)12(18)11-17/h12,17-18,20-22H,5-11H2,1-4H3/t12-,14-,15-,16-/m1/s1. The van der Waals surface area contributed by atoms with Gasteiger partial charge < -0.3 is 44.5 Å². The summed E-state index contributed by atoms with van der Waals surface area (Å²) in [7, 11) is 0.880. The van der Waals surface area contributed by atoms with Gasteiger partial charge in [-0.1, -0.05) is 20.3 Å². The van der Waals surface area contributed by atoms with E-state index >= 15 is 0 Å². The summed E-state index contributed by atoms with van der Waals surface area (Å²) in [5, 5.41) is 51.6. The first kappa shape index (κ1) is 25.1. The van der Waals surface area contributed by atoms with Gasteiger partial charge in [-0.3, -0.25) is 0 Å². The van der Waals surface area contributed by atoms with E-state index in [9.17, 15) is 30.3 Å². The van der Waals surface area contributed by atoms with E-state index in [0.717, 1.165) is 7.11 Å². The van der Waals surface area contributed by atoms with E-state index in [0.29, 0.717) is 19.3 Å². The van der Waals surface area contributed by atoms with E-state index in [-0.39, 0.29) is 19.8 Å². The molecule has 10 heteroatoms. The largest absolute Gasteiger partial charge is 0.462 e. The van der Waals surface area contributed by atoms with Crippen molar-refractivity contribution in [2.45, 2.75) is 63.5 Å². The third kappa shape index (κ3) is 4.90. The number of esters is 1. The third-order valence-corrected chi connectivity index (χ3v) is 3.76. The highest BCUT2D eigenvalue weighted by Crippen LogP contribution is 2.39. The van der Waals surface area contributed by atoms with Gasteiger partial charge in [0.25, 0.3) is 11.6 Å². The monoisotopic (exact) mass is 384 g/mol. The van der Waals surface area contributed by atoms with Crippen LogP contribution in [0.15, 0.2) is 0 Å². The SMILES string of the molecule is CCCCOC(=O)[C@@](O)(OCCC)[C@](O)(OCC)[C@](O)(OC)[C@H](O)CO. The van der Waals surface area contributed by atoms with E-state index in [1.54, 1.807) is 6.92 Å². The van der Waals surface area contributed by atoms with Crippen molar-refractivity contribution in [1.82, 2.24) is 0 Å². The molecule has 0 rings (SSSR count). The van der Waals surface area contributed by atoms with Gasteiger partial charge in [0, 0.05) is 13.7 Å². The van der Waals surface area contributed by atoms with E-state index in [2.05, 4.69) is 0 Å². The van der Waals surface area contributed by atoms with Gasteiger partial charge in [-0.05, 0) is 19.8 Å². The first-order valence-electron chi connectivity index (χ1n) is 8.61. The van der Waals surface area contributed by atoms with Crippen LogP contribution in [0.4, 0.5) is 0 Å². The molecule has 0 bridgehead atoms. The molecule has 0 fully saturated rings. The average Bonchev–Trinajstić information content (AvgIpc) is 2.64. The Morgan fingerprint density at radius 1 is 1.04 bits per heavy atom. The van der Waals surface area contributed by atoms with Crippen LogP contribution >= 0.6 is 0 Å². The molecule has 156 valence electrons. The third-order valence-electron chi connectivity index (χ3n) is 3.76. The number of carbonyl (C=O) groups excluding carboxylic acids is 1. The van der Waals surface area contributed by atoms with Crippen molar-refractivity contribution in [3.05, 3.63) is 0 Å². The van der Waals surface area contributed by atoms with Crippen molar-refractivity contribution in [2.75, 3.05) is 33.5 Å². The van der Waals surface area contributed by atoms with Gasteiger partial charge in [0.05, 0.1) is 19.8 Å². The molecule has 0 saturated carbocycles. The molecule has 0 aromatic carbocycles. The van der Waals surface area contributed by atoms with Crippen LogP contribution in [0, 0.1) is 0 Å². The molecule has 10 nitrogen and oxygen atoms in total. The molecule has 0 aromatic rings. The average molecular weight is 384 g/mol. The van der Waals surface area contributed by atoms with Crippen molar-refractivity contribution in [2.24, 2.45) is 0 Å². The Hall–Kier alpha value is -0.850. The van der Waals surface area contributed by atoms with Gasteiger partial charge in [-0.2, -0.15) is 0 Å². The van der Waals surface area contributed by atoms with Gasteiger partial charge >= 0.3 is 11.8 Å². The normalized spacial score (nSPS) is 19.9. The van der Waals surface area contributed by atoms with Crippen LogP contribution in [0.25, 0.3) is 0 Å². The molecule has 0 aliphatic carbocycles. The number of unbranched alkanes of at least 4 members (excludes halogenated alkanes) is 1. The second-order valence-corrected chi connectivity index (χ2v) is 5.66. The predicted octanol–water partition coefficient (Wildman–Crippen LogP) is -1.14. The summed E-state index contributed by atoms with van der Waals surface area (Å²) in [6.45, 7) is 3.23. The minimum atomic E-state index is -3.32. The summed E-state index contributed by atoms with van der Waals surface area (Å²) in [4.78, 5) is 12.5. The van der Waals surface area contributed by atoms with Crippen LogP contribution in [-0.2, 0) is 23.7 Å². The zero-order valence-corrected chi connectivity index (χ0v) is 15.8. The van der Waals surface area contributed by atoms with Crippen molar-refractivity contribution >= 4 is 5.97 Å². The lowest BCUT2D eigenvalue weighted by molar-refractivity contribution is -0.476. The highest BCUT2D eigenvalue weighted by molar-refractivity contribution is 5.79. The molecule has 4 atom stereocenters. The van der Waals surface area contributed by atoms with Crippen molar-refractivity contribution < 1.29 is 49.3 Å². The van der Waals surface area contributed by atoms with Crippen LogP contribution in [0.1, 0.15) is 40.0 Å². The number of ether oxygens (including phenoxy) is 4. The summed E-state index contributed by atoms with van der Waals surface area (Å²) in [5.74, 6) is -11.1. The molecule has 0 aliphatic rings. The molecule has 0 spiro atoms. The molecule has 26 heavy (non-hydrogen) atoms. The molecular weight excluding hydrogens is 352 g/mol. The summed E-state index contributed by atoms with van der Waals surface area (Å²) < 4.78 is 19.8. The van der Waals surface area contributed by atoms with E-state index in [1.807, 2.05) is 6.92 Å². The summed E-state index contributed by atoms with van der Waals surface area (Å²) in [5.41, 5.74) is 0. The highest BCUT2D eigenvalue weighted by Gasteiger charge is 2.72. The lowest BCUT2D eigenvalue weighted by atomic mass is 9.90. The number of aliphatic hydroxyl groups excluding tert-OH is 2. The fraction of sp³-hybridized carbons (Fsp3) is 0.938. The van der Waals surface area contributed by atoms with Crippen molar-refractivity contribution in [3.63, 3.8) is 0 Å². The minimum Gasteiger partial charge on any atom is -0.462 e. The number of methoxy groups -OCH3 is 1. The Bertz CT molecular complexity index is 420. The molecule has 0 heterocycles. The van der Waals surface area contributed by atoms with E-state index in [1.165, 1.54) is 6.92 Å². The maximum absolute atomic E-state index is 12.5. The van der Waals surface area contributed by atoms with Gasteiger partial charge in [0.1, 0.15) is 6.10 Å². The zero-order valence-electron chi connectivity index (χ0n) is 15.8. The van der Waals surface area contributed by atoms with Crippen LogP contribution in [0.5, 0.6) is 0 Å². The molecule has 0 unspecified atom stereocenters. The lowest BCUT2D eigenvalue weighted by Gasteiger charge is -2.49. The topological polar surface area (TPSA) is 155 Å². The molecule has 0 saturated heterocycles. The maximum atomic E-state index is 12.5. The Morgan fingerprint density at radius 2 is 1.65 bits per heavy atom. The van der Waals surface area contributed by atoms with E-state index in [4.69, 9.17) is 18.9 Å². The Kier molecular flexibility index (Phi) is 10.7. The summed E-state index contributed by atoms with van der Waals surface area (Å²) in [6.07, 6.45) is -0.635. The number of hydrogen-bond acceptors (Lipinski definition) is 10. The summed E-state index contributed by atoms with van der Waals surface area (Å²) in [6, 6.07) is 0. The fourth-order valence-corrected chi connectivity index (χ4v) is 2.23. The number of rotatable bonds is 14. The minimum absolute atomic E-state index is 0.0801. The van der Waals surface area contributed by atoms with Crippen molar-refractivity contribution in [3.8, 4) is 0 Å². The number of aliphatic hydroxyl groups is 5. The van der Waals surface area contributed by atoms with Crippen LogP contribution in [-0.4, -0.2) is 88.5 Å². The van der Waals surface area contributed by atoms with Gasteiger partial charge in [0.15, 0.2) is 0 Å². The zero-order chi connectivity index (χ0) is 20.4. The van der Waals surface area contributed by atoms with Crippen LogP contribution < -0.4 is 0 Å². The van der Waals surface area contributed by atoms with Crippen LogP contribution in [0.3, 0.4) is 0 Å². The Morgan fingerprint density at radius 3 is 2.08 bits per heavy atom. The molecule has 0 radical (unpaired) electrons. The predicted molar refractivity (Wildman–Crippen MR) is 88.7 cm³/mol. The second kappa shape index (κ2) is 11.1. The molecular formula is C16H32O10. The Balaban J connectivity index is 6.15. The number of carbonyl (C=O) groups is 1. The van der Waals surface area contributed by atoms with Gasteiger partial charge in [-0.15, -0.1) is 0 Å². The van der Waals surface area contributed by atoms with Crippen molar-refractivity contribution in [1.29, 1.82) is 0 Å². The first-order chi connectivity index (χ1) is 12.1. The fourth-order valence-electron chi connectivity index (χ4n) is 2.23. The smallest absolute Gasteiger partial charge is 0.372 e. The second-order valence-electron chi connectivity index (χ2n) is 5.66. The quantitative estimate of drug-likeness (QED) is 0.141. The highest BCUT2D eigenvalue weighted by atomic mass is 16.8. The molecule has 0 aliphatic heterocycles. The van der Waals surface area contributed by atoms with Crippen LogP contribution in [0.2, 0.25) is 0 Å². The maximum Gasteiger partial charge on any atom is 0.372 e. The first-order valence-corrected chi connectivity index (χ1v) is 8.61. The Labute approximate surface area is 153 Å². The van der Waals surface area contributed by atoms with E-state index < -0.39 is 36.0 Å². The molecule has 5 N–H and O–H groups in total. The molecule has 0 aromatic heterocycles. The molecule has 0 amide bonds. The van der Waals surface area contributed by atoms with Gasteiger partial charge in [0.2, 0.25) is 0 Å². The number of hydrogen-bond donors (Lipinski definition) is 5. The summed E-state index contributed by atoms with van der Waals surface area (Å²) >= 11 is 0. The van der Waals surface area contributed by atoms with Gasteiger partial charge in [-0.25, -0.2) is 4.79 Å². The lowest BCUT2D eigenvalue weighted by Crippen LogP contribution is -2.77.